The number of aliphatic hydroxyl groups excluding tert-OH is 5. The molecule has 91 heavy (non-hydrogen) atoms. The second kappa shape index (κ2) is 70.4. The van der Waals surface area contributed by atoms with Crippen molar-refractivity contribution in [2.24, 2.45) is 0 Å². The van der Waals surface area contributed by atoms with Crippen LogP contribution in [0.3, 0.4) is 0 Å². The van der Waals surface area contributed by atoms with Gasteiger partial charge in [0.1, 0.15) is 24.4 Å². The molecule has 0 radical (unpaired) electrons. The molecule has 7 unspecified atom stereocenters. The van der Waals surface area contributed by atoms with Gasteiger partial charge in [-0.1, -0.05) is 389 Å². The highest BCUT2D eigenvalue weighted by Crippen LogP contribution is 2.24. The molecular formula is C82H151NO8. The lowest BCUT2D eigenvalue weighted by molar-refractivity contribution is -0.302. The van der Waals surface area contributed by atoms with Gasteiger partial charge in [-0.25, -0.2) is 0 Å². The third-order valence-electron chi connectivity index (χ3n) is 18.8. The van der Waals surface area contributed by atoms with Crippen molar-refractivity contribution in [3.63, 3.8) is 0 Å². The lowest BCUT2D eigenvalue weighted by Gasteiger charge is -2.40. The normalized spacial score (nSPS) is 18.1. The Bertz CT molecular complexity index is 1670. The van der Waals surface area contributed by atoms with E-state index in [9.17, 15) is 30.3 Å². The summed E-state index contributed by atoms with van der Waals surface area (Å²) in [5.41, 5.74) is 0. The summed E-state index contributed by atoms with van der Waals surface area (Å²) in [5.74, 6) is -0.137. The number of carbonyl (C=O) groups is 1. The van der Waals surface area contributed by atoms with Gasteiger partial charge in [-0.05, 0) is 64.2 Å². The molecule has 0 aromatic rings. The van der Waals surface area contributed by atoms with Crippen molar-refractivity contribution in [1.29, 1.82) is 0 Å². The summed E-state index contributed by atoms with van der Waals surface area (Å²) < 4.78 is 11.4. The number of unbranched alkanes of at least 4 members (excludes halogenated alkanes) is 48. The van der Waals surface area contributed by atoms with Gasteiger partial charge in [0.15, 0.2) is 6.29 Å². The number of nitrogens with one attached hydrogen (secondary N) is 1. The van der Waals surface area contributed by atoms with E-state index in [-0.39, 0.29) is 12.5 Å². The van der Waals surface area contributed by atoms with Crippen LogP contribution in [0.2, 0.25) is 0 Å². The van der Waals surface area contributed by atoms with Gasteiger partial charge >= 0.3 is 0 Å². The quantitative estimate of drug-likeness (QED) is 0.0261. The smallest absolute Gasteiger partial charge is 0.220 e. The molecule has 0 bridgehead atoms. The van der Waals surface area contributed by atoms with Gasteiger partial charge in [-0.3, -0.25) is 4.79 Å². The minimum Gasteiger partial charge on any atom is -0.394 e. The zero-order valence-corrected chi connectivity index (χ0v) is 59.9. The number of ether oxygens (including phenoxy) is 2. The van der Waals surface area contributed by atoms with E-state index in [1.807, 2.05) is 0 Å². The van der Waals surface area contributed by atoms with E-state index in [4.69, 9.17) is 9.47 Å². The Morgan fingerprint density at radius 3 is 1.01 bits per heavy atom. The first kappa shape index (κ1) is 86.6. The first-order chi connectivity index (χ1) is 44.8. The minimum absolute atomic E-state index is 0.135. The molecule has 0 aliphatic carbocycles. The molecule has 532 valence electrons. The summed E-state index contributed by atoms with van der Waals surface area (Å²) in [6, 6.07) is -0.721. The van der Waals surface area contributed by atoms with Gasteiger partial charge in [-0.2, -0.15) is 0 Å². The van der Waals surface area contributed by atoms with Crippen molar-refractivity contribution in [3.05, 3.63) is 72.9 Å². The Morgan fingerprint density at radius 2 is 0.681 bits per heavy atom. The predicted octanol–water partition coefficient (Wildman–Crippen LogP) is 22.7. The molecule has 9 nitrogen and oxygen atoms in total. The maximum absolute atomic E-state index is 13.2. The van der Waals surface area contributed by atoms with Crippen LogP contribution in [0.1, 0.15) is 386 Å². The lowest BCUT2D eigenvalue weighted by atomic mass is 9.99. The van der Waals surface area contributed by atoms with Crippen molar-refractivity contribution < 1.29 is 39.8 Å². The molecule has 1 heterocycles. The van der Waals surface area contributed by atoms with E-state index in [0.29, 0.717) is 12.8 Å². The number of amides is 1. The predicted molar refractivity (Wildman–Crippen MR) is 392 cm³/mol. The fraction of sp³-hybridized carbons (Fsp3) is 0.841. The van der Waals surface area contributed by atoms with Crippen molar-refractivity contribution in [2.45, 2.75) is 429 Å². The van der Waals surface area contributed by atoms with E-state index in [1.54, 1.807) is 0 Å². The summed E-state index contributed by atoms with van der Waals surface area (Å²) in [6.45, 7) is 3.78. The summed E-state index contributed by atoms with van der Waals surface area (Å²) in [7, 11) is 0. The van der Waals surface area contributed by atoms with Gasteiger partial charge < -0.3 is 40.3 Å². The third kappa shape index (κ3) is 58.7. The molecule has 1 amide bonds. The highest BCUT2D eigenvalue weighted by atomic mass is 16.7. The number of rotatable bonds is 70. The van der Waals surface area contributed by atoms with E-state index in [1.165, 1.54) is 283 Å². The van der Waals surface area contributed by atoms with Crippen LogP contribution in [0.5, 0.6) is 0 Å². The average molecular weight is 1280 g/mol. The van der Waals surface area contributed by atoms with Gasteiger partial charge in [0, 0.05) is 6.42 Å². The first-order valence-corrected chi connectivity index (χ1v) is 39.6. The van der Waals surface area contributed by atoms with Gasteiger partial charge in [0.2, 0.25) is 5.91 Å². The zero-order chi connectivity index (χ0) is 65.7. The molecular weight excluding hydrogens is 1130 g/mol. The van der Waals surface area contributed by atoms with Crippen molar-refractivity contribution in [2.75, 3.05) is 13.2 Å². The van der Waals surface area contributed by atoms with E-state index >= 15 is 0 Å². The molecule has 1 aliphatic heterocycles. The van der Waals surface area contributed by atoms with Gasteiger partial charge in [-0.15, -0.1) is 0 Å². The largest absolute Gasteiger partial charge is 0.394 e. The molecule has 0 saturated carbocycles. The summed E-state index contributed by atoms with van der Waals surface area (Å²) in [4.78, 5) is 13.2. The Labute approximate surface area is 563 Å². The van der Waals surface area contributed by atoms with Crippen molar-refractivity contribution >= 4 is 5.91 Å². The number of carbonyl (C=O) groups excluding carboxylic acids is 1. The van der Waals surface area contributed by atoms with Gasteiger partial charge in [0.05, 0.1) is 25.4 Å². The summed E-state index contributed by atoms with van der Waals surface area (Å²) >= 11 is 0. The molecule has 0 aromatic heterocycles. The SMILES string of the molecule is CC/C=C\C/C=C\C/C=C\C/C=C\C/C=C\C/C=C\CCCCCCCCCCCCCCCCCCCCCCCCC(=O)NC(COC1OC(CO)C(O)C(O)C1O)C(O)CCCCCCCCCCCCCCCCCCCCCCCCCCCCC. The number of allylic oxidation sites excluding steroid dienone is 12. The standard InChI is InChI=1S/C82H151NO8/c1-3-5-7-9-11-13-15-17-19-21-23-25-27-29-31-32-33-34-35-36-37-38-39-40-41-42-43-44-46-48-50-52-54-56-58-60-62-64-66-68-70-72-78(86)83-75(74-90-82-81(89)80(88)79(87)77(73-84)91-82)76(85)71-69-67-65-63-61-59-57-55-53-51-49-47-45-30-28-26-24-22-20-18-16-14-12-10-8-6-4-2/h5,7,11,13,17,19,23,25,29,31,33-34,75-77,79-82,84-85,87-89H,3-4,6,8-10,12,14-16,18,20-22,24,26-28,30,32,35-74H2,1-2H3,(H,83,86)/b7-5-,13-11-,19-17-,25-23-,31-29-,34-33-. The highest BCUT2D eigenvalue weighted by molar-refractivity contribution is 5.76. The molecule has 0 spiro atoms. The maximum atomic E-state index is 13.2. The number of aliphatic hydroxyl groups is 5. The summed E-state index contributed by atoms with van der Waals surface area (Å²) in [6.07, 6.45) is 92.9. The zero-order valence-electron chi connectivity index (χ0n) is 59.9. The third-order valence-corrected chi connectivity index (χ3v) is 18.8. The van der Waals surface area contributed by atoms with Crippen molar-refractivity contribution in [1.82, 2.24) is 5.32 Å². The van der Waals surface area contributed by atoms with Crippen LogP contribution < -0.4 is 5.32 Å². The van der Waals surface area contributed by atoms with E-state index in [2.05, 4.69) is 92.1 Å². The van der Waals surface area contributed by atoms with Crippen molar-refractivity contribution in [3.8, 4) is 0 Å². The Hall–Kier alpha value is -2.37. The molecule has 1 fully saturated rings. The Balaban J connectivity index is 2.04. The van der Waals surface area contributed by atoms with Crippen LogP contribution >= 0.6 is 0 Å². The molecule has 7 atom stereocenters. The highest BCUT2D eigenvalue weighted by Gasteiger charge is 2.44. The molecule has 6 N–H and O–H groups in total. The second-order valence-electron chi connectivity index (χ2n) is 27.5. The fourth-order valence-electron chi connectivity index (χ4n) is 12.7. The van der Waals surface area contributed by atoms with Crippen LogP contribution in [0.25, 0.3) is 0 Å². The monoisotopic (exact) mass is 1280 g/mol. The van der Waals surface area contributed by atoms with Crippen LogP contribution in [0, 0.1) is 0 Å². The maximum Gasteiger partial charge on any atom is 0.220 e. The van der Waals surface area contributed by atoms with E-state index < -0.39 is 49.5 Å². The topological polar surface area (TPSA) is 149 Å². The van der Waals surface area contributed by atoms with E-state index in [0.717, 1.165) is 77.0 Å². The minimum atomic E-state index is -1.56. The second-order valence-corrected chi connectivity index (χ2v) is 27.5. The van der Waals surface area contributed by atoms with Crippen LogP contribution in [0.4, 0.5) is 0 Å². The van der Waals surface area contributed by atoms with Crippen LogP contribution in [-0.2, 0) is 14.3 Å². The van der Waals surface area contributed by atoms with Crippen LogP contribution in [-0.4, -0.2) is 87.5 Å². The number of hydrogen-bond donors (Lipinski definition) is 6. The Morgan fingerprint density at radius 1 is 0.385 bits per heavy atom. The molecule has 1 saturated heterocycles. The van der Waals surface area contributed by atoms with Crippen LogP contribution in [0.15, 0.2) is 72.9 Å². The lowest BCUT2D eigenvalue weighted by Crippen LogP contribution is -2.60. The van der Waals surface area contributed by atoms with Gasteiger partial charge in [0.25, 0.3) is 0 Å². The number of hydrogen-bond acceptors (Lipinski definition) is 8. The Kier molecular flexibility index (Phi) is 67.1. The molecule has 0 aromatic carbocycles. The molecule has 1 rings (SSSR count). The molecule has 9 heteroatoms. The first-order valence-electron chi connectivity index (χ1n) is 39.6. The average Bonchev–Trinajstić information content (AvgIpc) is 1.58. The summed E-state index contributed by atoms with van der Waals surface area (Å²) in [5, 5.41) is 55.1. The fourth-order valence-corrected chi connectivity index (χ4v) is 12.7. The molecule has 1 aliphatic rings.